The van der Waals surface area contributed by atoms with E-state index in [9.17, 15) is 9.59 Å². The van der Waals surface area contributed by atoms with E-state index in [0.717, 1.165) is 0 Å². The predicted molar refractivity (Wildman–Crippen MR) is 67.7 cm³/mol. The fraction of sp³-hybridized carbons (Fsp3) is 0.846. The molecule has 0 aromatic carbocycles. The fourth-order valence-electron chi connectivity index (χ4n) is 1.38. The van der Waals surface area contributed by atoms with Crippen LogP contribution in [0.15, 0.2) is 0 Å². The van der Waals surface area contributed by atoms with Gasteiger partial charge in [0.15, 0.2) is 0 Å². The first-order valence-corrected chi connectivity index (χ1v) is 5.94. The van der Waals surface area contributed by atoms with Crippen LogP contribution in [0.1, 0.15) is 48.0 Å². The van der Waals surface area contributed by atoms with Gasteiger partial charge in [0.25, 0.3) is 0 Å². The van der Waals surface area contributed by atoms with Crippen molar-refractivity contribution in [3.8, 4) is 0 Å². The van der Waals surface area contributed by atoms with E-state index < -0.39 is 11.4 Å². The van der Waals surface area contributed by atoms with Gasteiger partial charge in [-0.2, -0.15) is 0 Å². The molecule has 0 fully saturated rings. The third-order valence-corrected chi connectivity index (χ3v) is 2.84. The van der Waals surface area contributed by atoms with Crippen LogP contribution in [0.2, 0.25) is 0 Å². The van der Waals surface area contributed by atoms with Gasteiger partial charge >= 0.3 is 5.97 Å². The average Bonchev–Trinajstić information content (AvgIpc) is 2.07. The first-order valence-electron chi connectivity index (χ1n) is 5.94. The van der Waals surface area contributed by atoms with Gasteiger partial charge in [0.2, 0.25) is 5.91 Å². The highest BCUT2D eigenvalue weighted by Gasteiger charge is 2.29. The Labute approximate surface area is 104 Å². The van der Waals surface area contributed by atoms with E-state index in [0.29, 0.717) is 6.54 Å². The van der Waals surface area contributed by atoms with Gasteiger partial charge in [0.05, 0.1) is 6.42 Å². The summed E-state index contributed by atoms with van der Waals surface area (Å²) in [7, 11) is 0. The second kappa shape index (κ2) is 5.52. The Bertz CT molecular complexity index is 284. The lowest BCUT2D eigenvalue weighted by molar-refractivity contribution is -0.139. The first-order chi connectivity index (χ1) is 7.44. The fourth-order valence-corrected chi connectivity index (χ4v) is 1.38. The molecule has 1 unspecified atom stereocenters. The summed E-state index contributed by atoms with van der Waals surface area (Å²) < 4.78 is 0. The molecule has 4 nitrogen and oxygen atoms in total. The highest BCUT2D eigenvalue weighted by molar-refractivity contribution is 5.81. The number of carboxylic acids is 1. The van der Waals surface area contributed by atoms with Crippen molar-refractivity contribution in [1.29, 1.82) is 0 Å². The second-order valence-electron chi connectivity index (χ2n) is 6.62. The van der Waals surface area contributed by atoms with E-state index in [1.54, 1.807) is 0 Å². The van der Waals surface area contributed by atoms with Gasteiger partial charge in [0, 0.05) is 12.0 Å². The van der Waals surface area contributed by atoms with Crippen molar-refractivity contribution in [3.05, 3.63) is 0 Å². The van der Waals surface area contributed by atoms with Crippen molar-refractivity contribution in [2.24, 2.45) is 16.7 Å². The van der Waals surface area contributed by atoms with E-state index in [1.165, 1.54) is 0 Å². The van der Waals surface area contributed by atoms with Crippen LogP contribution in [0.4, 0.5) is 0 Å². The minimum Gasteiger partial charge on any atom is -0.481 e. The summed E-state index contributed by atoms with van der Waals surface area (Å²) in [6, 6.07) is 0. The summed E-state index contributed by atoms with van der Waals surface area (Å²) in [5.41, 5.74) is -0.574. The molecule has 0 aromatic heterocycles. The van der Waals surface area contributed by atoms with Gasteiger partial charge in [-0.15, -0.1) is 0 Å². The van der Waals surface area contributed by atoms with Gasteiger partial charge in [-0.1, -0.05) is 41.5 Å². The molecular formula is C13H25NO3. The van der Waals surface area contributed by atoms with Crippen molar-refractivity contribution in [3.63, 3.8) is 0 Å². The lowest BCUT2D eigenvalue weighted by Gasteiger charge is -2.30. The molecule has 0 aliphatic heterocycles. The number of carbonyl (C=O) groups is 2. The standard InChI is InChI=1S/C13H25NO3/c1-12(2,3)9(7-10(15)16)8-14-11(17)13(4,5)6/h9H,7-8H2,1-6H3,(H,14,17)(H,15,16). The molecule has 0 saturated heterocycles. The number of aliphatic carboxylic acids is 1. The predicted octanol–water partition coefficient (Wildman–Crippen LogP) is 2.29. The molecule has 0 rings (SSSR count). The molecule has 0 saturated carbocycles. The number of rotatable bonds is 4. The summed E-state index contributed by atoms with van der Waals surface area (Å²) in [4.78, 5) is 22.5. The van der Waals surface area contributed by atoms with Crippen molar-refractivity contribution < 1.29 is 14.7 Å². The average molecular weight is 243 g/mol. The lowest BCUT2D eigenvalue weighted by Crippen LogP contribution is -2.41. The van der Waals surface area contributed by atoms with Crippen LogP contribution in [-0.2, 0) is 9.59 Å². The molecule has 1 amide bonds. The topological polar surface area (TPSA) is 66.4 Å². The molecule has 1 atom stereocenters. The Morgan fingerprint density at radius 3 is 1.88 bits per heavy atom. The SMILES string of the molecule is CC(C)(C)C(=O)NCC(CC(=O)O)C(C)(C)C. The van der Waals surface area contributed by atoms with E-state index in [4.69, 9.17) is 5.11 Å². The maximum atomic E-state index is 11.7. The van der Waals surface area contributed by atoms with Crippen LogP contribution >= 0.6 is 0 Å². The van der Waals surface area contributed by atoms with Gasteiger partial charge < -0.3 is 10.4 Å². The molecule has 0 aliphatic rings. The third-order valence-electron chi connectivity index (χ3n) is 2.84. The number of carbonyl (C=O) groups excluding carboxylic acids is 1. The minimum atomic E-state index is -0.824. The summed E-state index contributed by atoms with van der Waals surface area (Å²) >= 11 is 0. The Kier molecular flexibility index (Phi) is 5.17. The van der Waals surface area contributed by atoms with Crippen molar-refractivity contribution >= 4 is 11.9 Å². The lowest BCUT2D eigenvalue weighted by atomic mass is 9.78. The number of carboxylic acid groups (broad SMARTS) is 1. The molecule has 0 radical (unpaired) electrons. The Morgan fingerprint density at radius 1 is 1.12 bits per heavy atom. The van der Waals surface area contributed by atoms with Crippen molar-refractivity contribution in [2.45, 2.75) is 48.0 Å². The van der Waals surface area contributed by atoms with Crippen LogP contribution in [-0.4, -0.2) is 23.5 Å². The second-order valence-corrected chi connectivity index (χ2v) is 6.62. The highest BCUT2D eigenvalue weighted by atomic mass is 16.4. The molecule has 2 N–H and O–H groups in total. The van der Waals surface area contributed by atoms with Gasteiger partial charge in [-0.05, 0) is 11.3 Å². The van der Waals surface area contributed by atoms with Crippen LogP contribution in [0.5, 0.6) is 0 Å². The number of nitrogens with one attached hydrogen (secondary N) is 1. The Hall–Kier alpha value is -1.06. The van der Waals surface area contributed by atoms with Gasteiger partial charge in [-0.25, -0.2) is 0 Å². The zero-order valence-corrected chi connectivity index (χ0v) is 11.8. The zero-order valence-electron chi connectivity index (χ0n) is 11.8. The molecule has 0 heterocycles. The van der Waals surface area contributed by atoms with E-state index >= 15 is 0 Å². The minimum absolute atomic E-state index is 0.0443. The Balaban J connectivity index is 4.48. The third kappa shape index (κ3) is 6.29. The molecule has 4 heteroatoms. The van der Waals surface area contributed by atoms with Crippen LogP contribution in [0.3, 0.4) is 0 Å². The van der Waals surface area contributed by atoms with Crippen LogP contribution in [0, 0.1) is 16.7 Å². The maximum Gasteiger partial charge on any atom is 0.303 e. The largest absolute Gasteiger partial charge is 0.481 e. The number of amides is 1. The van der Waals surface area contributed by atoms with Gasteiger partial charge in [-0.3, -0.25) is 9.59 Å². The zero-order chi connectivity index (χ0) is 13.9. The van der Waals surface area contributed by atoms with E-state index in [2.05, 4.69) is 5.32 Å². The molecule has 0 bridgehead atoms. The maximum absolute atomic E-state index is 11.7. The van der Waals surface area contributed by atoms with Crippen LogP contribution in [0.25, 0.3) is 0 Å². The summed E-state index contributed by atoms with van der Waals surface area (Å²) in [6.45, 7) is 11.9. The molecule has 0 aromatic rings. The number of hydrogen-bond acceptors (Lipinski definition) is 2. The van der Waals surface area contributed by atoms with E-state index in [-0.39, 0.29) is 23.7 Å². The van der Waals surface area contributed by atoms with Crippen molar-refractivity contribution in [2.75, 3.05) is 6.54 Å². The van der Waals surface area contributed by atoms with Crippen molar-refractivity contribution in [1.82, 2.24) is 5.32 Å². The molecule has 0 spiro atoms. The quantitative estimate of drug-likeness (QED) is 0.796. The normalized spacial score (nSPS) is 14.2. The smallest absolute Gasteiger partial charge is 0.303 e. The van der Waals surface area contributed by atoms with E-state index in [1.807, 2.05) is 41.5 Å². The molecule has 17 heavy (non-hydrogen) atoms. The molecule has 100 valence electrons. The number of hydrogen-bond donors (Lipinski definition) is 2. The Morgan fingerprint density at radius 2 is 1.59 bits per heavy atom. The highest BCUT2D eigenvalue weighted by Crippen LogP contribution is 2.28. The summed E-state index contributed by atoms with van der Waals surface area (Å²) in [6.07, 6.45) is 0.0773. The monoisotopic (exact) mass is 243 g/mol. The van der Waals surface area contributed by atoms with Crippen LogP contribution < -0.4 is 5.32 Å². The van der Waals surface area contributed by atoms with Gasteiger partial charge in [0.1, 0.15) is 0 Å². The molecular weight excluding hydrogens is 218 g/mol. The molecule has 0 aliphatic carbocycles. The first kappa shape index (κ1) is 15.9. The summed E-state index contributed by atoms with van der Waals surface area (Å²) in [5, 5.41) is 11.7. The summed E-state index contributed by atoms with van der Waals surface area (Å²) in [5.74, 6) is -0.932.